The van der Waals surface area contributed by atoms with Crippen LogP contribution in [0.5, 0.6) is 0 Å². The van der Waals surface area contributed by atoms with Crippen molar-refractivity contribution >= 4 is 5.96 Å². The zero-order chi connectivity index (χ0) is 13.9. The fraction of sp³-hybridized carbons (Fsp3) is 0.929. The number of piperidine rings is 1. The molecule has 0 aromatic rings. The Balaban J connectivity index is 1.81. The summed E-state index contributed by atoms with van der Waals surface area (Å²) in [5.74, 6) is 1.04. The van der Waals surface area contributed by atoms with Gasteiger partial charge in [-0.25, -0.2) is 0 Å². The van der Waals surface area contributed by atoms with Gasteiger partial charge >= 0.3 is 0 Å². The first-order valence-corrected chi connectivity index (χ1v) is 7.30. The van der Waals surface area contributed by atoms with Gasteiger partial charge in [-0.2, -0.15) is 0 Å². The number of nitrogens with zero attached hydrogens (tertiary/aromatic N) is 3. The summed E-state index contributed by atoms with van der Waals surface area (Å²) in [6.07, 6.45) is 2.73. The van der Waals surface area contributed by atoms with E-state index in [1.54, 1.807) is 0 Å². The van der Waals surface area contributed by atoms with Crippen molar-refractivity contribution in [2.75, 3.05) is 46.9 Å². The maximum absolute atomic E-state index is 5.44. The third kappa shape index (κ3) is 3.60. The van der Waals surface area contributed by atoms with Gasteiger partial charge in [0.05, 0.1) is 12.6 Å². The number of likely N-dealkylation sites (tertiary alicyclic amines) is 1. The number of aliphatic imine (C=N–C) groups is 1. The molecular formula is C14H28N4O. The van der Waals surface area contributed by atoms with E-state index in [2.05, 4.69) is 41.0 Å². The van der Waals surface area contributed by atoms with Crippen molar-refractivity contribution in [2.24, 2.45) is 4.99 Å². The topological polar surface area (TPSA) is 40.1 Å². The molecule has 0 bridgehead atoms. The molecular weight excluding hydrogens is 240 g/mol. The highest BCUT2D eigenvalue weighted by Crippen LogP contribution is 2.21. The summed E-state index contributed by atoms with van der Waals surface area (Å²) in [4.78, 5) is 9.23. The number of hydrogen-bond acceptors (Lipinski definition) is 5. The highest BCUT2D eigenvalue weighted by molar-refractivity contribution is 5.81. The van der Waals surface area contributed by atoms with E-state index in [0.717, 1.165) is 51.5 Å². The smallest absolute Gasteiger partial charge is 0.193 e. The van der Waals surface area contributed by atoms with Gasteiger partial charge in [0.25, 0.3) is 0 Å². The third-order valence-electron chi connectivity index (χ3n) is 4.37. The molecule has 19 heavy (non-hydrogen) atoms. The first kappa shape index (κ1) is 14.6. The lowest BCUT2D eigenvalue weighted by atomic mass is 9.97. The molecule has 2 heterocycles. The number of nitrogens with one attached hydrogen (secondary N) is 1. The van der Waals surface area contributed by atoms with Gasteiger partial charge in [-0.1, -0.05) is 0 Å². The maximum atomic E-state index is 5.44. The van der Waals surface area contributed by atoms with Crippen LogP contribution in [0.2, 0.25) is 0 Å². The summed E-state index contributed by atoms with van der Waals surface area (Å²) in [6.45, 7) is 9.74. The van der Waals surface area contributed by atoms with Crippen LogP contribution in [0.15, 0.2) is 4.99 Å². The van der Waals surface area contributed by atoms with E-state index in [1.807, 2.05) is 7.11 Å². The van der Waals surface area contributed by atoms with E-state index < -0.39 is 0 Å². The molecule has 5 heteroatoms. The highest BCUT2D eigenvalue weighted by atomic mass is 16.5. The van der Waals surface area contributed by atoms with Crippen molar-refractivity contribution in [3.63, 3.8) is 0 Å². The van der Waals surface area contributed by atoms with Crippen LogP contribution >= 0.6 is 0 Å². The summed E-state index contributed by atoms with van der Waals surface area (Å²) >= 11 is 0. The molecule has 1 fully saturated rings. The third-order valence-corrected chi connectivity index (χ3v) is 4.37. The Morgan fingerprint density at radius 3 is 2.53 bits per heavy atom. The van der Waals surface area contributed by atoms with Gasteiger partial charge in [-0.15, -0.1) is 0 Å². The van der Waals surface area contributed by atoms with Crippen molar-refractivity contribution in [1.29, 1.82) is 0 Å². The summed E-state index contributed by atoms with van der Waals surface area (Å²) in [5, 5.41) is 3.50. The Labute approximate surface area is 117 Å². The summed E-state index contributed by atoms with van der Waals surface area (Å²) in [5.41, 5.74) is 0.157. The number of guanidine groups is 1. The van der Waals surface area contributed by atoms with E-state index in [1.165, 1.54) is 0 Å². The molecule has 2 aliphatic heterocycles. The molecule has 110 valence electrons. The van der Waals surface area contributed by atoms with E-state index in [0.29, 0.717) is 6.10 Å². The molecule has 5 nitrogen and oxygen atoms in total. The lowest BCUT2D eigenvalue weighted by Gasteiger charge is -2.43. The molecule has 0 amide bonds. The largest absolute Gasteiger partial charge is 0.381 e. The first-order valence-electron chi connectivity index (χ1n) is 7.30. The molecule has 1 N–H and O–H groups in total. The van der Waals surface area contributed by atoms with Gasteiger partial charge in [0.2, 0.25) is 0 Å². The minimum absolute atomic E-state index is 0.157. The Bertz CT molecular complexity index is 321. The lowest BCUT2D eigenvalue weighted by Crippen LogP contribution is -2.55. The fourth-order valence-corrected chi connectivity index (χ4v) is 2.83. The number of likely N-dealkylation sites (N-methyl/N-ethyl adjacent to an activating group) is 1. The van der Waals surface area contributed by atoms with Crippen molar-refractivity contribution in [3.05, 3.63) is 0 Å². The molecule has 0 saturated carbocycles. The molecule has 0 aromatic carbocycles. The zero-order valence-electron chi connectivity index (χ0n) is 12.8. The first-order chi connectivity index (χ1) is 9.03. The summed E-state index contributed by atoms with van der Waals surface area (Å²) in [7, 11) is 3.91. The van der Waals surface area contributed by atoms with Gasteiger partial charge in [-0.3, -0.25) is 9.89 Å². The van der Waals surface area contributed by atoms with Crippen LogP contribution in [0.4, 0.5) is 0 Å². The molecule has 0 radical (unpaired) electrons. The molecule has 1 saturated heterocycles. The van der Waals surface area contributed by atoms with Gasteiger partial charge in [0.15, 0.2) is 5.96 Å². The predicted molar refractivity (Wildman–Crippen MR) is 78.6 cm³/mol. The molecule has 0 atom stereocenters. The molecule has 0 spiro atoms. The molecule has 0 aromatic heterocycles. The van der Waals surface area contributed by atoms with Crippen LogP contribution in [0, 0.1) is 0 Å². The average molecular weight is 268 g/mol. The van der Waals surface area contributed by atoms with E-state index in [-0.39, 0.29) is 5.54 Å². The number of ether oxygens (including phenoxy) is 1. The van der Waals surface area contributed by atoms with Crippen molar-refractivity contribution in [3.8, 4) is 0 Å². The van der Waals surface area contributed by atoms with Crippen LogP contribution in [0.3, 0.4) is 0 Å². The Hall–Kier alpha value is -0.810. The number of methoxy groups -OCH3 is 1. The van der Waals surface area contributed by atoms with Crippen LogP contribution in [0.1, 0.15) is 26.7 Å². The molecule has 2 aliphatic rings. The Morgan fingerprint density at radius 2 is 2.00 bits per heavy atom. The predicted octanol–water partition coefficient (Wildman–Crippen LogP) is 0.767. The highest BCUT2D eigenvalue weighted by Gasteiger charge is 2.31. The second-order valence-electron chi connectivity index (χ2n) is 6.21. The maximum Gasteiger partial charge on any atom is 0.193 e. The molecule has 0 unspecified atom stereocenters. The summed E-state index contributed by atoms with van der Waals surface area (Å²) in [6, 6.07) is 0. The van der Waals surface area contributed by atoms with Crippen LogP contribution in [-0.4, -0.2) is 74.3 Å². The van der Waals surface area contributed by atoms with E-state index >= 15 is 0 Å². The van der Waals surface area contributed by atoms with E-state index in [4.69, 9.17) is 4.74 Å². The minimum Gasteiger partial charge on any atom is -0.381 e. The average Bonchev–Trinajstić information content (AvgIpc) is 2.82. The van der Waals surface area contributed by atoms with Crippen LogP contribution in [0.25, 0.3) is 0 Å². The van der Waals surface area contributed by atoms with Crippen molar-refractivity contribution in [1.82, 2.24) is 15.1 Å². The van der Waals surface area contributed by atoms with Crippen LogP contribution < -0.4 is 5.32 Å². The standard InChI is InChI=1S/C14H28N4O/c1-14(2,11-16-13-15-7-10-17(13)3)18-8-5-12(19-4)6-9-18/h12H,5-11H2,1-4H3,(H,15,16). The SMILES string of the molecule is COC1CCN(C(C)(C)CNC2=NCCN2C)CC1. The van der Waals surface area contributed by atoms with Crippen molar-refractivity contribution < 1.29 is 4.74 Å². The zero-order valence-corrected chi connectivity index (χ0v) is 12.8. The summed E-state index contributed by atoms with van der Waals surface area (Å²) < 4.78 is 5.44. The number of rotatable bonds is 4. The lowest BCUT2D eigenvalue weighted by molar-refractivity contribution is 0.00771. The molecule has 0 aliphatic carbocycles. The normalized spacial score (nSPS) is 22.7. The second kappa shape index (κ2) is 6.09. The van der Waals surface area contributed by atoms with Crippen molar-refractivity contribution in [2.45, 2.75) is 38.3 Å². The van der Waals surface area contributed by atoms with E-state index in [9.17, 15) is 0 Å². The van der Waals surface area contributed by atoms with Gasteiger partial charge in [0.1, 0.15) is 0 Å². The molecule has 2 rings (SSSR count). The van der Waals surface area contributed by atoms with Gasteiger partial charge in [-0.05, 0) is 26.7 Å². The van der Waals surface area contributed by atoms with Crippen LogP contribution in [-0.2, 0) is 4.74 Å². The quantitative estimate of drug-likeness (QED) is 0.817. The fourth-order valence-electron chi connectivity index (χ4n) is 2.83. The van der Waals surface area contributed by atoms with Gasteiger partial charge in [0, 0.05) is 45.9 Å². The second-order valence-corrected chi connectivity index (χ2v) is 6.21. The van der Waals surface area contributed by atoms with Gasteiger partial charge < -0.3 is 15.0 Å². The minimum atomic E-state index is 0.157. The Kier molecular flexibility index (Phi) is 4.68. The number of hydrogen-bond donors (Lipinski definition) is 1. The Morgan fingerprint density at radius 1 is 1.32 bits per heavy atom. The monoisotopic (exact) mass is 268 g/mol.